The highest BCUT2D eigenvalue weighted by Crippen LogP contribution is 2.30. The molecule has 6 N–H and O–H groups in total. The largest absolute Gasteiger partial charge is 0.368 e. The van der Waals surface area contributed by atoms with E-state index in [9.17, 15) is 4.79 Å². The zero-order chi connectivity index (χ0) is 13.2. The van der Waals surface area contributed by atoms with Gasteiger partial charge in [0.2, 0.25) is 5.91 Å². The number of carbonyl (C=O) groups excluding carboxylic acids is 1. The first-order valence-corrected chi connectivity index (χ1v) is 6.74. The molecule has 2 saturated heterocycles. The lowest BCUT2D eigenvalue weighted by Crippen LogP contribution is -2.63. The summed E-state index contributed by atoms with van der Waals surface area (Å²) in [4.78, 5) is 14.2. The number of primary amides is 1. The smallest absolute Gasteiger partial charge is 0.341 e. The van der Waals surface area contributed by atoms with Crippen LogP contribution in [0.25, 0.3) is 0 Å². The summed E-state index contributed by atoms with van der Waals surface area (Å²) < 4.78 is 1.92. The van der Waals surface area contributed by atoms with Crippen molar-refractivity contribution < 1.29 is 9.37 Å². The molecule has 18 heavy (non-hydrogen) atoms. The van der Waals surface area contributed by atoms with Gasteiger partial charge in [-0.1, -0.05) is 6.42 Å². The Morgan fingerprint density at radius 1 is 1.00 bits per heavy atom. The van der Waals surface area contributed by atoms with Crippen molar-refractivity contribution in [3.63, 3.8) is 0 Å². The summed E-state index contributed by atoms with van der Waals surface area (Å²) in [6.45, 7) is 3.37. The first kappa shape index (κ1) is 13.1. The first-order chi connectivity index (χ1) is 8.56. The van der Waals surface area contributed by atoms with Crippen LogP contribution in [0, 0.1) is 0 Å². The van der Waals surface area contributed by atoms with Crippen LogP contribution in [0.1, 0.15) is 32.1 Å². The average molecular weight is 254 g/mol. The molecule has 0 atom stereocenters. The Hall–Kier alpha value is -1.30. The Bertz CT molecular complexity index is 345. The van der Waals surface area contributed by atoms with Crippen LogP contribution >= 0.6 is 0 Å². The fraction of sp³-hybridized carbons (Fsp3) is 0.833. The summed E-state index contributed by atoms with van der Waals surface area (Å²) in [5, 5.41) is 0. The van der Waals surface area contributed by atoms with Crippen molar-refractivity contribution in [3.05, 3.63) is 0 Å². The van der Waals surface area contributed by atoms with Crippen molar-refractivity contribution in [2.24, 2.45) is 17.2 Å². The molecule has 0 saturated carbocycles. The highest BCUT2D eigenvalue weighted by atomic mass is 16.1. The number of guanidine groups is 1. The Morgan fingerprint density at radius 3 is 2.00 bits per heavy atom. The van der Waals surface area contributed by atoms with Crippen LogP contribution in [0.3, 0.4) is 0 Å². The highest BCUT2D eigenvalue weighted by molar-refractivity contribution is 5.85. The Kier molecular flexibility index (Phi) is 3.75. The Labute approximate surface area is 108 Å². The molecule has 102 valence electrons. The number of amides is 1. The molecule has 6 heteroatoms. The van der Waals surface area contributed by atoms with E-state index in [2.05, 4.69) is 4.90 Å². The highest BCUT2D eigenvalue weighted by Gasteiger charge is 2.45. The zero-order valence-electron chi connectivity index (χ0n) is 10.9. The van der Waals surface area contributed by atoms with E-state index >= 15 is 0 Å². The Balaban J connectivity index is 2.14. The van der Waals surface area contributed by atoms with Gasteiger partial charge in [-0.3, -0.25) is 25.7 Å². The molecular weight excluding hydrogens is 230 g/mol. The average Bonchev–Trinajstić information content (AvgIpc) is 2.39. The van der Waals surface area contributed by atoms with E-state index in [1.54, 1.807) is 0 Å². The molecule has 0 aromatic rings. The number of piperidine rings is 2. The van der Waals surface area contributed by atoms with Crippen LogP contribution in [-0.2, 0) is 4.79 Å². The van der Waals surface area contributed by atoms with Crippen molar-refractivity contribution in [2.45, 2.75) is 37.6 Å². The van der Waals surface area contributed by atoms with Gasteiger partial charge in [-0.05, 0) is 25.9 Å². The molecule has 2 rings (SSSR count). The number of likely N-dealkylation sites (tertiary alicyclic amines) is 1. The monoisotopic (exact) mass is 254 g/mol. The maximum atomic E-state index is 11.9. The van der Waals surface area contributed by atoms with E-state index < -0.39 is 5.54 Å². The minimum atomic E-state index is -0.480. The van der Waals surface area contributed by atoms with Crippen molar-refractivity contribution in [2.75, 3.05) is 26.2 Å². The molecular formula is C12H24N5O+. The Morgan fingerprint density at radius 2 is 1.56 bits per heavy atom. The second-order valence-electron chi connectivity index (χ2n) is 5.36. The summed E-state index contributed by atoms with van der Waals surface area (Å²) in [6, 6.07) is 0. The molecule has 0 aliphatic carbocycles. The van der Waals surface area contributed by atoms with Gasteiger partial charge in [0.1, 0.15) is 5.54 Å². The molecule has 0 aromatic heterocycles. The number of carbonyl (C=O) groups is 1. The normalized spacial score (nSPS) is 30.1. The number of nitrogens with two attached hydrogens (primary N) is 3. The van der Waals surface area contributed by atoms with Gasteiger partial charge in [0.15, 0.2) is 0 Å². The molecule has 0 unspecified atom stereocenters. The number of hydrogen-bond acceptors (Lipinski definition) is 2. The third-order valence-electron chi connectivity index (χ3n) is 4.38. The van der Waals surface area contributed by atoms with Crippen molar-refractivity contribution in [1.82, 2.24) is 4.90 Å². The van der Waals surface area contributed by atoms with Gasteiger partial charge >= 0.3 is 5.96 Å². The second kappa shape index (κ2) is 5.14. The van der Waals surface area contributed by atoms with Gasteiger partial charge in [-0.25, -0.2) is 0 Å². The number of rotatable bonds is 2. The number of nitrogens with zero attached hydrogens (tertiary/aromatic N) is 2. The lowest BCUT2D eigenvalue weighted by molar-refractivity contribution is -0.544. The molecule has 0 aromatic carbocycles. The van der Waals surface area contributed by atoms with E-state index in [0.29, 0.717) is 19.0 Å². The summed E-state index contributed by atoms with van der Waals surface area (Å²) >= 11 is 0. The summed E-state index contributed by atoms with van der Waals surface area (Å²) in [7, 11) is 0. The third-order valence-corrected chi connectivity index (χ3v) is 4.38. The molecule has 0 radical (unpaired) electrons. The lowest BCUT2D eigenvalue weighted by atomic mass is 9.84. The SMILES string of the molecule is NC(=O)C1(N2CCCCC2)CC[N+](=C(N)N)CC1. The minimum absolute atomic E-state index is 0.195. The fourth-order valence-corrected chi connectivity index (χ4v) is 3.18. The molecule has 2 aliphatic rings. The van der Waals surface area contributed by atoms with Crippen LogP contribution in [0.15, 0.2) is 0 Å². The van der Waals surface area contributed by atoms with E-state index in [4.69, 9.17) is 17.2 Å². The topological polar surface area (TPSA) is 101 Å². The maximum absolute atomic E-state index is 11.9. The van der Waals surface area contributed by atoms with E-state index in [0.717, 1.165) is 38.8 Å². The van der Waals surface area contributed by atoms with Crippen molar-refractivity contribution >= 4 is 11.9 Å². The van der Waals surface area contributed by atoms with Gasteiger partial charge in [0.25, 0.3) is 0 Å². The maximum Gasteiger partial charge on any atom is 0.341 e. The van der Waals surface area contributed by atoms with Crippen LogP contribution in [0.4, 0.5) is 0 Å². The predicted molar refractivity (Wildman–Crippen MR) is 70.0 cm³/mol. The van der Waals surface area contributed by atoms with Crippen LogP contribution < -0.4 is 17.2 Å². The van der Waals surface area contributed by atoms with Gasteiger partial charge in [0.05, 0.1) is 13.1 Å². The lowest BCUT2D eigenvalue weighted by Gasteiger charge is -2.45. The van der Waals surface area contributed by atoms with Crippen molar-refractivity contribution in [1.29, 1.82) is 0 Å². The third kappa shape index (κ3) is 2.29. The summed E-state index contributed by atoms with van der Waals surface area (Å²) in [5.41, 5.74) is 16.4. The molecule has 2 fully saturated rings. The van der Waals surface area contributed by atoms with Gasteiger partial charge in [0, 0.05) is 12.8 Å². The standard InChI is InChI=1S/C12H23N5O/c13-10(18)12(17-6-2-1-3-7-17)4-8-16(9-5-12)11(14)15/h1-9H2,(H5,13,14,15,18)/p+1. The van der Waals surface area contributed by atoms with Gasteiger partial charge < -0.3 is 5.73 Å². The van der Waals surface area contributed by atoms with Crippen LogP contribution in [0.5, 0.6) is 0 Å². The van der Waals surface area contributed by atoms with Gasteiger partial charge in [-0.15, -0.1) is 0 Å². The van der Waals surface area contributed by atoms with E-state index in [1.165, 1.54) is 6.42 Å². The van der Waals surface area contributed by atoms with Gasteiger partial charge in [-0.2, -0.15) is 0 Å². The van der Waals surface area contributed by atoms with Crippen molar-refractivity contribution in [3.8, 4) is 0 Å². The first-order valence-electron chi connectivity index (χ1n) is 6.74. The zero-order valence-corrected chi connectivity index (χ0v) is 10.9. The molecule has 0 spiro atoms. The van der Waals surface area contributed by atoms with Crippen LogP contribution in [0.2, 0.25) is 0 Å². The number of hydrogen-bond donors (Lipinski definition) is 3. The molecule has 0 bridgehead atoms. The molecule has 2 heterocycles. The van der Waals surface area contributed by atoms with Crippen LogP contribution in [-0.4, -0.2) is 53.1 Å². The second-order valence-corrected chi connectivity index (χ2v) is 5.36. The molecule has 2 aliphatic heterocycles. The quantitative estimate of drug-likeness (QED) is 0.424. The van der Waals surface area contributed by atoms with E-state index in [1.807, 2.05) is 4.58 Å². The molecule has 6 nitrogen and oxygen atoms in total. The predicted octanol–water partition coefficient (Wildman–Crippen LogP) is -1.22. The summed E-state index contributed by atoms with van der Waals surface area (Å²) in [5.74, 6) is 0.145. The summed E-state index contributed by atoms with van der Waals surface area (Å²) in [6.07, 6.45) is 5.01. The van der Waals surface area contributed by atoms with E-state index in [-0.39, 0.29) is 5.91 Å². The minimum Gasteiger partial charge on any atom is -0.368 e. The molecule has 1 amide bonds. The fourth-order valence-electron chi connectivity index (χ4n) is 3.18.